The summed E-state index contributed by atoms with van der Waals surface area (Å²) in [4.78, 5) is 4.17. The summed E-state index contributed by atoms with van der Waals surface area (Å²) in [6.45, 7) is 7.60. The SMILES string of the molecule is Cc1ccc(S(=O)(=O)NC(c2cnn(C(C)(C)C)c2-c2cc(F)c(F)cc2Br)C2CC2)cn1. The molecular formula is C23H25BrF2N4O2S. The van der Waals surface area contributed by atoms with Crippen LogP contribution in [0.25, 0.3) is 11.3 Å². The second-order valence-corrected chi connectivity index (χ2v) is 11.9. The minimum absolute atomic E-state index is 0.0671. The van der Waals surface area contributed by atoms with E-state index < -0.39 is 33.2 Å². The number of pyridine rings is 1. The van der Waals surface area contributed by atoms with Crippen LogP contribution in [-0.2, 0) is 15.6 Å². The molecule has 1 atom stereocenters. The molecule has 2 aromatic heterocycles. The van der Waals surface area contributed by atoms with Gasteiger partial charge in [-0.1, -0.05) is 0 Å². The van der Waals surface area contributed by atoms with E-state index in [1.165, 1.54) is 12.3 Å². The number of hydrogen-bond donors (Lipinski definition) is 1. The van der Waals surface area contributed by atoms with Crippen molar-refractivity contribution in [3.8, 4) is 11.3 Å². The lowest BCUT2D eigenvalue weighted by Crippen LogP contribution is -2.31. The molecule has 3 aromatic rings. The van der Waals surface area contributed by atoms with Crippen LogP contribution in [0.1, 0.15) is 50.9 Å². The van der Waals surface area contributed by atoms with Crippen molar-refractivity contribution in [2.24, 2.45) is 5.92 Å². The molecule has 0 aliphatic heterocycles. The second-order valence-electron chi connectivity index (χ2n) is 9.35. The summed E-state index contributed by atoms with van der Waals surface area (Å²) in [6, 6.07) is 4.76. The van der Waals surface area contributed by atoms with Crippen LogP contribution in [0.2, 0.25) is 0 Å². The van der Waals surface area contributed by atoms with Crippen LogP contribution in [0.15, 0.2) is 46.0 Å². The first-order valence-electron chi connectivity index (χ1n) is 10.6. The van der Waals surface area contributed by atoms with E-state index in [4.69, 9.17) is 0 Å². The third-order valence-corrected chi connectivity index (χ3v) is 7.69. The quantitative estimate of drug-likeness (QED) is 0.421. The molecule has 4 rings (SSSR count). The number of hydrogen-bond acceptors (Lipinski definition) is 4. The van der Waals surface area contributed by atoms with Crippen LogP contribution in [0, 0.1) is 24.5 Å². The van der Waals surface area contributed by atoms with E-state index in [2.05, 4.69) is 30.7 Å². The number of aromatic nitrogens is 3. The molecule has 1 saturated carbocycles. The average molecular weight is 539 g/mol. The predicted octanol–water partition coefficient (Wildman–Crippen LogP) is 5.48. The van der Waals surface area contributed by atoms with Gasteiger partial charge in [0.15, 0.2) is 11.6 Å². The molecule has 0 bridgehead atoms. The molecule has 2 heterocycles. The molecule has 0 radical (unpaired) electrons. The zero-order valence-electron chi connectivity index (χ0n) is 18.7. The summed E-state index contributed by atoms with van der Waals surface area (Å²) in [5.74, 6) is -1.89. The number of rotatable bonds is 6. The first-order chi connectivity index (χ1) is 15.4. The molecule has 176 valence electrons. The van der Waals surface area contributed by atoms with Crippen LogP contribution in [0.3, 0.4) is 0 Å². The number of benzene rings is 1. The Morgan fingerprint density at radius 2 is 1.82 bits per heavy atom. The minimum atomic E-state index is -3.87. The lowest BCUT2D eigenvalue weighted by atomic mass is 9.98. The zero-order valence-corrected chi connectivity index (χ0v) is 21.1. The van der Waals surface area contributed by atoms with E-state index in [0.717, 1.165) is 25.0 Å². The Hall–Kier alpha value is -2.17. The molecule has 6 nitrogen and oxygen atoms in total. The van der Waals surface area contributed by atoms with Gasteiger partial charge in [-0.05, 0) is 86.6 Å². The van der Waals surface area contributed by atoms with Gasteiger partial charge in [-0.2, -0.15) is 5.10 Å². The molecule has 0 saturated heterocycles. The van der Waals surface area contributed by atoms with Gasteiger partial charge in [-0.3, -0.25) is 9.67 Å². The average Bonchev–Trinajstić information content (AvgIpc) is 3.46. The highest BCUT2D eigenvalue weighted by molar-refractivity contribution is 9.10. The fourth-order valence-electron chi connectivity index (χ4n) is 3.76. The van der Waals surface area contributed by atoms with Crippen molar-refractivity contribution in [2.75, 3.05) is 0 Å². The number of sulfonamides is 1. The van der Waals surface area contributed by atoms with Gasteiger partial charge in [-0.15, -0.1) is 0 Å². The Morgan fingerprint density at radius 3 is 2.39 bits per heavy atom. The van der Waals surface area contributed by atoms with E-state index in [-0.39, 0.29) is 10.8 Å². The molecular weight excluding hydrogens is 514 g/mol. The Morgan fingerprint density at radius 1 is 1.15 bits per heavy atom. The van der Waals surface area contributed by atoms with Crippen molar-refractivity contribution in [2.45, 2.75) is 57.0 Å². The summed E-state index contributed by atoms with van der Waals surface area (Å²) >= 11 is 3.35. The third kappa shape index (κ3) is 4.88. The summed E-state index contributed by atoms with van der Waals surface area (Å²) in [5.41, 5.74) is 1.77. The van der Waals surface area contributed by atoms with E-state index in [1.807, 2.05) is 20.8 Å². The maximum Gasteiger partial charge on any atom is 0.242 e. The summed E-state index contributed by atoms with van der Waals surface area (Å²) in [5, 5.41) is 4.53. The van der Waals surface area contributed by atoms with Crippen LogP contribution in [0.5, 0.6) is 0 Å². The van der Waals surface area contributed by atoms with Gasteiger partial charge in [0, 0.05) is 27.5 Å². The smallest absolute Gasteiger partial charge is 0.242 e. The molecule has 1 aromatic carbocycles. The van der Waals surface area contributed by atoms with E-state index in [0.29, 0.717) is 27.0 Å². The number of aryl methyl sites for hydroxylation is 1. The molecule has 1 N–H and O–H groups in total. The van der Waals surface area contributed by atoms with E-state index in [1.54, 1.807) is 23.9 Å². The highest BCUT2D eigenvalue weighted by Crippen LogP contribution is 2.46. The maximum absolute atomic E-state index is 14.3. The van der Waals surface area contributed by atoms with Gasteiger partial charge < -0.3 is 0 Å². The zero-order chi connectivity index (χ0) is 24.1. The topological polar surface area (TPSA) is 76.9 Å². The first kappa shape index (κ1) is 24.0. The molecule has 0 spiro atoms. The third-order valence-electron chi connectivity index (χ3n) is 5.60. The Bertz CT molecular complexity index is 1300. The monoisotopic (exact) mass is 538 g/mol. The fraction of sp³-hybridized carbons (Fsp3) is 0.391. The molecule has 33 heavy (non-hydrogen) atoms. The summed E-state index contributed by atoms with van der Waals surface area (Å²) in [7, 11) is -3.87. The van der Waals surface area contributed by atoms with Crippen molar-refractivity contribution in [3.05, 3.63) is 64.0 Å². The lowest BCUT2D eigenvalue weighted by Gasteiger charge is -2.25. The number of nitrogens with one attached hydrogen (secondary N) is 1. The number of halogens is 3. The van der Waals surface area contributed by atoms with E-state index >= 15 is 0 Å². The number of nitrogens with zero attached hydrogens (tertiary/aromatic N) is 3. The van der Waals surface area contributed by atoms with Gasteiger partial charge >= 0.3 is 0 Å². The molecule has 1 aliphatic carbocycles. The molecule has 1 unspecified atom stereocenters. The largest absolute Gasteiger partial charge is 0.260 e. The molecule has 10 heteroatoms. The van der Waals surface area contributed by atoms with Crippen molar-refractivity contribution in [3.63, 3.8) is 0 Å². The molecule has 1 aliphatic rings. The first-order valence-corrected chi connectivity index (χ1v) is 12.8. The van der Waals surface area contributed by atoms with Gasteiger partial charge in [0.25, 0.3) is 0 Å². The fourth-order valence-corrected chi connectivity index (χ4v) is 5.49. The lowest BCUT2D eigenvalue weighted by molar-refractivity contribution is 0.359. The second kappa shape index (κ2) is 8.56. The van der Waals surface area contributed by atoms with Gasteiger partial charge in [0.2, 0.25) is 10.0 Å². The Kier molecular flexibility index (Phi) is 6.22. The molecule has 1 fully saturated rings. The highest BCUT2D eigenvalue weighted by atomic mass is 79.9. The Balaban J connectivity index is 1.86. The summed E-state index contributed by atoms with van der Waals surface area (Å²) in [6.07, 6.45) is 4.64. The van der Waals surface area contributed by atoms with Gasteiger partial charge in [0.1, 0.15) is 4.90 Å². The van der Waals surface area contributed by atoms with Crippen LogP contribution in [-0.4, -0.2) is 23.2 Å². The van der Waals surface area contributed by atoms with Crippen molar-refractivity contribution in [1.82, 2.24) is 19.5 Å². The highest BCUT2D eigenvalue weighted by Gasteiger charge is 2.39. The molecule has 0 amide bonds. The maximum atomic E-state index is 14.3. The van der Waals surface area contributed by atoms with Gasteiger partial charge in [0.05, 0.1) is 23.5 Å². The standard InChI is InChI=1S/C23H25BrF2N4O2S/c1-13-5-8-15(11-27-13)33(31,32)29-21(14-6-7-14)17-12-28-30(23(2,3)4)22(17)16-9-19(25)20(26)10-18(16)24/h5,8-12,14,21,29H,6-7H2,1-4H3. The van der Waals surface area contributed by atoms with Crippen LogP contribution < -0.4 is 4.72 Å². The van der Waals surface area contributed by atoms with Crippen LogP contribution in [0.4, 0.5) is 8.78 Å². The van der Waals surface area contributed by atoms with E-state index in [9.17, 15) is 17.2 Å². The Labute approximate surface area is 200 Å². The van der Waals surface area contributed by atoms with Crippen molar-refractivity contribution >= 4 is 26.0 Å². The minimum Gasteiger partial charge on any atom is -0.260 e. The van der Waals surface area contributed by atoms with Crippen LogP contribution >= 0.6 is 15.9 Å². The summed E-state index contributed by atoms with van der Waals surface area (Å²) < 4.78 is 59.4. The predicted molar refractivity (Wildman–Crippen MR) is 125 cm³/mol. The van der Waals surface area contributed by atoms with Gasteiger partial charge in [-0.25, -0.2) is 21.9 Å². The van der Waals surface area contributed by atoms with Crippen molar-refractivity contribution in [1.29, 1.82) is 0 Å². The van der Waals surface area contributed by atoms with Crippen molar-refractivity contribution < 1.29 is 17.2 Å². The normalized spacial score (nSPS) is 15.6.